The van der Waals surface area contributed by atoms with Crippen LogP contribution in [0.3, 0.4) is 0 Å². The lowest BCUT2D eigenvalue weighted by Gasteiger charge is -2.10. The Labute approximate surface area is 104 Å². The van der Waals surface area contributed by atoms with Crippen LogP contribution in [-0.4, -0.2) is 56.8 Å². The van der Waals surface area contributed by atoms with Crippen LogP contribution in [0, 0.1) is 0 Å². The maximum absolute atomic E-state index is 10.2. The van der Waals surface area contributed by atoms with E-state index in [0.29, 0.717) is 13.2 Å². The van der Waals surface area contributed by atoms with Crippen molar-refractivity contribution in [2.45, 2.75) is 12.5 Å². The summed E-state index contributed by atoms with van der Waals surface area (Å²) in [6.07, 6.45) is 5.70. The molecule has 0 heterocycles. The molecule has 0 amide bonds. The van der Waals surface area contributed by atoms with E-state index in [1.807, 2.05) is 6.26 Å². The molecule has 17 heavy (non-hydrogen) atoms. The highest BCUT2D eigenvalue weighted by Crippen LogP contribution is 2.04. The highest BCUT2D eigenvalue weighted by Gasteiger charge is 2.06. The van der Waals surface area contributed by atoms with Crippen molar-refractivity contribution >= 4 is 23.9 Å². The third-order valence-electron chi connectivity index (χ3n) is 1.78. The number of carbonyl (C=O) groups excluding carboxylic acids is 2. The van der Waals surface area contributed by atoms with Crippen molar-refractivity contribution in [2.24, 2.45) is 9.98 Å². The second-order valence-corrected chi connectivity index (χ2v) is 4.01. The fraction of sp³-hybridized carbons (Fsp3) is 0.800. The van der Waals surface area contributed by atoms with Gasteiger partial charge in [-0.15, -0.1) is 0 Å². The molecule has 6 nitrogen and oxygen atoms in total. The Balaban J connectivity index is 3.53. The van der Waals surface area contributed by atoms with Crippen molar-refractivity contribution in [1.29, 1.82) is 0 Å². The van der Waals surface area contributed by atoms with E-state index in [-0.39, 0.29) is 19.4 Å². The van der Waals surface area contributed by atoms with E-state index in [0.717, 1.165) is 12.2 Å². The molecule has 0 N–H and O–H groups in total. The molecule has 0 aromatic rings. The lowest BCUT2D eigenvalue weighted by molar-refractivity contribution is -0.0546. The molecular formula is C10H16N2O4S. The molecule has 0 saturated heterocycles. The maximum atomic E-state index is 10.2. The molecule has 0 aliphatic carbocycles. The molecule has 0 spiro atoms. The van der Waals surface area contributed by atoms with E-state index < -0.39 is 0 Å². The third kappa shape index (κ3) is 11.3. The first-order valence-corrected chi connectivity index (χ1v) is 6.49. The first-order chi connectivity index (χ1) is 8.35. The molecule has 0 bridgehead atoms. The largest absolute Gasteiger partial charge is 0.353 e. The van der Waals surface area contributed by atoms with E-state index in [1.54, 1.807) is 11.8 Å². The zero-order valence-corrected chi connectivity index (χ0v) is 10.6. The van der Waals surface area contributed by atoms with Gasteiger partial charge in [0.1, 0.15) is 6.79 Å². The van der Waals surface area contributed by atoms with Crippen LogP contribution in [0.2, 0.25) is 0 Å². The van der Waals surface area contributed by atoms with E-state index in [1.165, 1.54) is 12.2 Å². The minimum absolute atomic E-state index is 0.0958. The quantitative estimate of drug-likeness (QED) is 0.237. The Morgan fingerprint density at radius 3 is 2.76 bits per heavy atom. The lowest BCUT2D eigenvalue weighted by atomic mass is 10.2. The van der Waals surface area contributed by atoms with Gasteiger partial charge in [0, 0.05) is 0 Å². The summed E-state index contributed by atoms with van der Waals surface area (Å²) in [5.41, 5.74) is 0. The number of aliphatic imine (C=N–C) groups is 2. The number of isocyanates is 2. The molecule has 0 aliphatic heterocycles. The van der Waals surface area contributed by atoms with Gasteiger partial charge < -0.3 is 9.47 Å². The summed E-state index contributed by atoms with van der Waals surface area (Å²) >= 11 is 1.68. The van der Waals surface area contributed by atoms with Gasteiger partial charge in [-0.05, 0) is 18.4 Å². The molecule has 96 valence electrons. The molecule has 0 aromatic heterocycles. The van der Waals surface area contributed by atoms with Gasteiger partial charge >= 0.3 is 0 Å². The number of nitrogens with zero attached hydrogens (tertiary/aromatic N) is 2. The topological polar surface area (TPSA) is 77.3 Å². The second-order valence-electron chi connectivity index (χ2n) is 3.03. The summed E-state index contributed by atoms with van der Waals surface area (Å²) in [4.78, 5) is 26.8. The summed E-state index contributed by atoms with van der Waals surface area (Å²) in [6.45, 7) is 1.00. The van der Waals surface area contributed by atoms with Crippen LogP contribution < -0.4 is 0 Å². The predicted octanol–water partition coefficient (Wildman–Crippen LogP) is 0.770. The van der Waals surface area contributed by atoms with Gasteiger partial charge in [-0.1, -0.05) is 0 Å². The van der Waals surface area contributed by atoms with Crippen molar-refractivity contribution in [3.8, 4) is 0 Å². The molecule has 7 heteroatoms. The first-order valence-electron chi connectivity index (χ1n) is 5.10. The monoisotopic (exact) mass is 260 g/mol. The van der Waals surface area contributed by atoms with Crippen molar-refractivity contribution in [1.82, 2.24) is 0 Å². The average Bonchev–Trinajstić information content (AvgIpc) is 2.34. The Bertz CT molecular complexity index is 275. The van der Waals surface area contributed by atoms with E-state index in [4.69, 9.17) is 9.47 Å². The number of thioether (sulfide) groups is 1. The van der Waals surface area contributed by atoms with Gasteiger partial charge in [0.2, 0.25) is 12.2 Å². The van der Waals surface area contributed by atoms with E-state index in [9.17, 15) is 9.59 Å². The number of ether oxygens (including phenoxy) is 2. The van der Waals surface area contributed by atoms with Crippen molar-refractivity contribution in [3.63, 3.8) is 0 Å². The summed E-state index contributed by atoms with van der Waals surface area (Å²) in [5.74, 6) is 0.911. The van der Waals surface area contributed by atoms with E-state index >= 15 is 0 Å². The molecule has 1 atom stereocenters. The zero-order chi connectivity index (χ0) is 12.8. The third-order valence-corrected chi connectivity index (χ3v) is 2.42. The molecule has 0 radical (unpaired) electrons. The minimum Gasteiger partial charge on any atom is -0.353 e. The smallest absolute Gasteiger partial charge is 0.235 e. The molecule has 0 aromatic carbocycles. The van der Waals surface area contributed by atoms with Crippen molar-refractivity contribution < 1.29 is 19.1 Å². The van der Waals surface area contributed by atoms with E-state index in [2.05, 4.69) is 9.98 Å². The standard InChI is InChI=1S/C10H16N2O4S/c1-17-5-2-10(12-8-14)6-16-9-15-4-3-11-7-13/h10H,2-6,9H2,1H3. The summed E-state index contributed by atoms with van der Waals surface area (Å²) < 4.78 is 10.2. The van der Waals surface area contributed by atoms with Gasteiger partial charge in [0.15, 0.2) is 0 Å². The number of rotatable bonds is 11. The Hall–Kier alpha value is -0.970. The van der Waals surface area contributed by atoms with Crippen LogP contribution in [0.5, 0.6) is 0 Å². The van der Waals surface area contributed by atoms with Crippen molar-refractivity contribution in [3.05, 3.63) is 0 Å². The average molecular weight is 260 g/mol. The summed E-state index contributed by atoms with van der Waals surface area (Å²) in [6, 6.07) is -0.170. The zero-order valence-electron chi connectivity index (χ0n) is 9.76. The Morgan fingerprint density at radius 1 is 1.29 bits per heavy atom. The number of hydrogen-bond acceptors (Lipinski definition) is 7. The van der Waals surface area contributed by atoms with Gasteiger partial charge in [0.25, 0.3) is 0 Å². The fourth-order valence-corrected chi connectivity index (χ4v) is 1.48. The highest BCUT2D eigenvalue weighted by atomic mass is 32.2. The fourth-order valence-electron chi connectivity index (χ4n) is 0.971. The predicted molar refractivity (Wildman–Crippen MR) is 64.7 cm³/mol. The highest BCUT2D eigenvalue weighted by molar-refractivity contribution is 7.98. The molecule has 0 aliphatic rings. The molecule has 0 rings (SSSR count). The molecule has 0 saturated carbocycles. The molecule has 1 unspecified atom stereocenters. The van der Waals surface area contributed by atoms with Gasteiger partial charge in [-0.2, -0.15) is 11.8 Å². The summed E-state index contributed by atoms with van der Waals surface area (Å²) in [7, 11) is 0. The molecule has 0 fully saturated rings. The normalized spacial score (nSPS) is 11.4. The van der Waals surface area contributed by atoms with Crippen LogP contribution in [0.25, 0.3) is 0 Å². The lowest BCUT2D eigenvalue weighted by Crippen LogP contribution is -2.16. The van der Waals surface area contributed by atoms with Crippen LogP contribution in [0.1, 0.15) is 6.42 Å². The number of hydrogen-bond donors (Lipinski definition) is 0. The van der Waals surface area contributed by atoms with Crippen LogP contribution in [-0.2, 0) is 19.1 Å². The maximum Gasteiger partial charge on any atom is 0.235 e. The Morgan fingerprint density at radius 2 is 2.12 bits per heavy atom. The Kier molecular flexibility index (Phi) is 12.3. The summed E-state index contributed by atoms with van der Waals surface area (Å²) in [5, 5.41) is 0. The van der Waals surface area contributed by atoms with Gasteiger partial charge in [-0.25, -0.2) is 19.6 Å². The van der Waals surface area contributed by atoms with Crippen molar-refractivity contribution in [2.75, 3.05) is 38.6 Å². The SMILES string of the molecule is CSCCC(COCOCCN=C=O)N=C=O. The van der Waals surface area contributed by atoms with Gasteiger partial charge in [0.05, 0.1) is 25.8 Å². The minimum atomic E-state index is -0.170. The van der Waals surface area contributed by atoms with Crippen LogP contribution >= 0.6 is 11.8 Å². The first kappa shape index (κ1) is 16.0. The van der Waals surface area contributed by atoms with Crippen LogP contribution in [0.15, 0.2) is 9.98 Å². The van der Waals surface area contributed by atoms with Crippen LogP contribution in [0.4, 0.5) is 0 Å². The molecular weight excluding hydrogens is 244 g/mol. The van der Waals surface area contributed by atoms with Gasteiger partial charge in [-0.3, -0.25) is 0 Å². The second kappa shape index (κ2) is 13.1.